The number of morpholine rings is 1. The van der Waals surface area contributed by atoms with Gasteiger partial charge in [0.15, 0.2) is 17.5 Å². The number of hydrogen-bond acceptors (Lipinski definition) is 5. The molecule has 2 heterocycles. The third kappa shape index (κ3) is 3.86. The summed E-state index contributed by atoms with van der Waals surface area (Å²) in [6.07, 6.45) is 1.47. The van der Waals surface area contributed by atoms with Crippen LogP contribution in [0.1, 0.15) is 11.4 Å². The number of anilines is 1. The van der Waals surface area contributed by atoms with Gasteiger partial charge in [-0.05, 0) is 35.9 Å². The van der Waals surface area contributed by atoms with Gasteiger partial charge in [0.25, 0.3) is 0 Å². The van der Waals surface area contributed by atoms with Gasteiger partial charge in [-0.3, -0.25) is 4.57 Å². The quantitative estimate of drug-likeness (QED) is 0.635. The molecule has 0 saturated carbocycles. The highest BCUT2D eigenvalue weighted by Crippen LogP contribution is 2.26. The largest absolute Gasteiger partial charge is 0.378 e. The van der Waals surface area contributed by atoms with E-state index in [0.29, 0.717) is 43.6 Å². The molecule has 0 atom stereocenters. The number of allylic oxidation sites excluding steroid dienone is 1. The van der Waals surface area contributed by atoms with Crippen LogP contribution in [-0.2, 0) is 4.74 Å². The number of nitrogens with zero attached hydrogens (tertiary/aromatic N) is 5. The standard InChI is InChI=1S/C21H17F2N5O/c22-18-7-6-15(13-19(18)23)12-16(14-24)20-25-26-21(27-8-10-29-11-9-27)28(20)17-4-2-1-3-5-17/h1-7,12-13H,8-11H2. The van der Waals surface area contributed by atoms with Gasteiger partial charge in [-0.1, -0.05) is 24.3 Å². The third-order valence-electron chi connectivity index (χ3n) is 4.57. The van der Waals surface area contributed by atoms with E-state index in [-0.39, 0.29) is 5.57 Å². The summed E-state index contributed by atoms with van der Waals surface area (Å²) in [5.74, 6) is -0.997. The van der Waals surface area contributed by atoms with Crippen molar-refractivity contribution in [1.29, 1.82) is 5.26 Å². The Morgan fingerprint density at radius 3 is 2.48 bits per heavy atom. The molecule has 0 radical (unpaired) electrons. The van der Waals surface area contributed by atoms with E-state index in [9.17, 15) is 14.0 Å². The van der Waals surface area contributed by atoms with E-state index in [2.05, 4.69) is 16.3 Å². The first kappa shape index (κ1) is 18.8. The Kier molecular flexibility index (Phi) is 5.31. The Balaban J connectivity index is 1.83. The monoisotopic (exact) mass is 393 g/mol. The molecule has 1 aliphatic rings. The lowest BCUT2D eigenvalue weighted by Gasteiger charge is -2.28. The van der Waals surface area contributed by atoms with Gasteiger partial charge in [0.2, 0.25) is 5.95 Å². The predicted molar refractivity (Wildman–Crippen MR) is 104 cm³/mol. The Morgan fingerprint density at radius 2 is 1.79 bits per heavy atom. The minimum atomic E-state index is -0.977. The molecule has 2 aromatic carbocycles. The molecule has 1 aromatic heterocycles. The maximum Gasteiger partial charge on any atom is 0.232 e. The summed E-state index contributed by atoms with van der Waals surface area (Å²) in [6, 6.07) is 15.0. The fourth-order valence-corrected chi connectivity index (χ4v) is 3.15. The Hall–Kier alpha value is -3.57. The number of benzene rings is 2. The molecule has 1 saturated heterocycles. The lowest BCUT2D eigenvalue weighted by atomic mass is 10.1. The highest BCUT2D eigenvalue weighted by Gasteiger charge is 2.23. The third-order valence-corrected chi connectivity index (χ3v) is 4.57. The molecule has 146 valence electrons. The first-order valence-electron chi connectivity index (χ1n) is 9.08. The van der Waals surface area contributed by atoms with Crippen LogP contribution >= 0.6 is 0 Å². The Labute approximate surface area is 166 Å². The van der Waals surface area contributed by atoms with Gasteiger partial charge in [0.05, 0.1) is 24.5 Å². The average Bonchev–Trinajstić information content (AvgIpc) is 3.20. The number of rotatable bonds is 4. The van der Waals surface area contributed by atoms with E-state index < -0.39 is 11.6 Å². The molecule has 29 heavy (non-hydrogen) atoms. The number of halogens is 2. The summed E-state index contributed by atoms with van der Waals surface area (Å²) >= 11 is 0. The van der Waals surface area contributed by atoms with Gasteiger partial charge in [-0.15, -0.1) is 10.2 Å². The predicted octanol–water partition coefficient (Wildman–Crippen LogP) is 3.45. The van der Waals surface area contributed by atoms with Crippen molar-refractivity contribution < 1.29 is 13.5 Å². The fraction of sp³-hybridized carbons (Fsp3) is 0.190. The molecule has 3 aromatic rings. The minimum Gasteiger partial charge on any atom is -0.378 e. The first-order valence-corrected chi connectivity index (χ1v) is 9.08. The molecule has 0 N–H and O–H groups in total. The zero-order chi connectivity index (χ0) is 20.2. The van der Waals surface area contributed by atoms with Gasteiger partial charge in [0, 0.05) is 13.1 Å². The summed E-state index contributed by atoms with van der Waals surface area (Å²) in [7, 11) is 0. The van der Waals surface area contributed by atoms with E-state index in [1.54, 1.807) is 4.57 Å². The lowest BCUT2D eigenvalue weighted by Crippen LogP contribution is -2.38. The molecule has 0 aliphatic carbocycles. The molecular weight excluding hydrogens is 376 g/mol. The van der Waals surface area contributed by atoms with Crippen molar-refractivity contribution in [3.05, 3.63) is 71.6 Å². The number of ether oxygens (including phenoxy) is 1. The van der Waals surface area contributed by atoms with Crippen molar-refractivity contribution in [2.45, 2.75) is 0 Å². The van der Waals surface area contributed by atoms with Crippen LogP contribution in [0.3, 0.4) is 0 Å². The maximum absolute atomic E-state index is 13.6. The molecule has 6 nitrogen and oxygen atoms in total. The fourth-order valence-electron chi connectivity index (χ4n) is 3.15. The summed E-state index contributed by atoms with van der Waals surface area (Å²) < 4.78 is 34.0. The first-order chi connectivity index (χ1) is 14.2. The van der Waals surface area contributed by atoms with E-state index >= 15 is 0 Å². The molecule has 0 unspecified atom stereocenters. The van der Waals surface area contributed by atoms with E-state index in [1.807, 2.05) is 35.2 Å². The van der Waals surface area contributed by atoms with Crippen molar-refractivity contribution in [2.75, 3.05) is 31.2 Å². The highest BCUT2D eigenvalue weighted by atomic mass is 19.2. The van der Waals surface area contributed by atoms with E-state index in [0.717, 1.165) is 17.8 Å². The van der Waals surface area contributed by atoms with Crippen LogP contribution in [0.15, 0.2) is 48.5 Å². The zero-order valence-corrected chi connectivity index (χ0v) is 15.4. The Bertz CT molecular complexity index is 1080. The Morgan fingerprint density at radius 1 is 1.03 bits per heavy atom. The van der Waals surface area contributed by atoms with Crippen LogP contribution in [0.2, 0.25) is 0 Å². The van der Waals surface area contributed by atoms with Crippen LogP contribution in [0.4, 0.5) is 14.7 Å². The molecule has 0 amide bonds. The second kappa shape index (κ2) is 8.20. The zero-order valence-electron chi connectivity index (χ0n) is 15.4. The molecule has 0 spiro atoms. The summed E-state index contributed by atoms with van der Waals surface area (Å²) in [5.41, 5.74) is 1.34. The van der Waals surface area contributed by atoms with Crippen LogP contribution < -0.4 is 4.90 Å². The molecule has 1 aliphatic heterocycles. The average molecular weight is 393 g/mol. The second-order valence-corrected chi connectivity index (χ2v) is 6.44. The van der Waals surface area contributed by atoms with Crippen molar-refractivity contribution in [1.82, 2.24) is 14.8 Å². The van der Waals surface area contributed by atoms with Gasteiger partial charge in [-0.2, -0.15) is 5.26 Å². The van der Waals surface area contributed by atoms with Crippen LogP contribution in [0.5, 0.6) is 0 Å². The molecule has 4 rings (SSSR count). The van der Waals surface area contributed by atoms with Crippen molar-refractivity contribution >= 4 is 17.6 Å². The lowest BCUT2D eigenvalue weighted by molar-refractivity contribution is 0.122. The normalized spacial score (nSPS) is 14.7. The molecular formula is C21H17F2N5O. The van der Waals surface area contributed by atoms with Gasteiger partial charge in [0.1, 0.15) is 6.07 Å². The topological polar surface area (TPSA) is 67.0 Å². The second-order valence-electron chi connectivity index (χ2n) is 6.44. The molecule has 0 bridgehead atoms. The van der Waals surface area contributed by atoms with Gasteiger partial charge >= 0.3 is 0 Å². The maximum atomic E-state index is 13.6. The highest BCUT2D eigenvalue weighted by molar-refractivity contribution is 5.88. The molecule has 1 fully saturated rings. The summed E-state index contributed by atoms with van der Waals surface area (Å²) in [5, 5.41) is 18.3. The number of nitriles is 1. The number of aromatic nitrogens is 3. The summed E-state index contributed by atoms with van der Waals surface area (Å²) in [4.78, 5) is 2.04. The van der Waals surface area contributed by atoms with Crippen molar-refractivity contribution in [3.8, 4) is 11.8 Å². The van der Waals surface area contributed by atoms with Crippen molar-refractivity contribution in [3.63, 3.8) is 0 Å². The minimum absolute atomic E-state index is 0.187. The molecule has 8 heteroatoms. The number of hydrogen-bond donors (Lipinski definition) is 0. The smallest absolute Gasteiger partial charge is 0.232 e. The van der Waals surface area contributed by atoms with E-state index in [1.165, 1.54) is 12.1 Å². The van der Waals surface area contributed by atoms with Crippen LogP contribution in [0, 0.1) is 23.0 Å². The van der Waals surface area contributed by atoms with Gasteiger partial charge in [-0.25, -0.2) is 8.78 Å². The van der Waals surface area contributed by atoms with Gasteiger partial charge < -0.3 is 9.64 Å². The van der Waals surface area contributed by atoms with Crippen molar-refractivity contribution in [2.24, 2.45) is 0 Å². The van der Waals surface area contributed by atoms with E-state index in [4.69, 9.17) is 4.74 Å². The SMILES string of the molecule is N#CC(=Cc1ccc(F)c(F)c1)c1nnc(N2CCOCC2)n1-c1ccccc1. The van der Waals surface area contributed by atoms with Crippen LogP contribution in [0.25, 0.3) is 17.3 Å². The number of para-hydroxylation sites is 1. The summed E-state index contributed by atoms with van der Waals surface area (Å²) in [6.45, 7) is 2.46. The van der Waals surface area contributed by atoms with Crippen LogP contribution in [-0.4, -0.2) is 41.1 Å².